The van der Waals surface area contributed by atoms with Gasteiger partial charge < -0.3 is 19.0 Å². The van der Waals surface area contributed by atoms with Gasteiger partial charge in [-0.05, 0) is 6.42 Å². The summed E-state index contributed by atoms with van der Waals surface area (Å²) in [4.78, 5) is 2.39. The molecule has 0 aliphatic carbocycles. The van der Waals surface area contributed by atoms with E-state index >= 15 is 0 Å². The maximum absolute atomic E-state index is 11.3. The van der Waals surface area contributed by atoms with E-state index in [0.717, 1.165) is 19.6 Å². The molecule has 3 saturated heterocycles. The molecule has 1 aromatic rings. The van der Waals surface area contributed by atoms with Gasteiger partial charge in [0.15, 0.2) is 0 Å². The Morgan fingerprint density at radius 2 is 2.08 bits per heavy atom. The van der Waals surface area contributed by atoms with Crippen LogP contribution in [0.15, 0.2) is 4.42 Å². The largest absolute Gasteiger partial charge is 0.424 e. The Kier molecular flexibility index (Phi) is 4.36. The number of fused-ring (bicyclic) bond motifs is 3. The van der Waals surface area contributed by atoms with Crippen LogP contribution in [-0.2, 0) is 16.0 Å². The summed E-state index contributed by atoms with van der Waals surface area (Å²) in [5, 5.41) is 19.7. The molecular weight excluding hydrogens is 310 g/mol. The lowest BCUT2D eigenvalue weighted by Crippen LogP contribution is -2.67. The molecule has 0 unspecified atom stereocenters. The third kappa shape index (κ3) is 2.77. The first-order valence-corrected chi connectivity index (χ1v) is 9.02. The molecule has 0 radical (unpaired) electrons. The zero-order valence-electron chi connectivity index (χ0n) is 14.5. The lowest BCUT2D eigenvalue weighted by Gasteiger charge is -2.57. The highest BCUT2D eigenvalue weighted by atomic mass is 16.5. The Hall–Kier alpha value is -1.02. The van der Waals surface area contributed by atoms with Crippen LogP contribution in [0.4, 0.5) is 0 Å². The third-order valence-corrected chi connectivity index (χ3v) is 5.87. The zero-order chi connectivity index (χ0) is 16.7. The van der Waals surface area contributed by atoms with E-state index in [9.17, 15) is 5.11 Å². The van der Waals surface area contributed by atoms with Crippen molar-refractivity contribution < 1.29 is 19.0 Å². The van der Waals surface area contributed by atoms with Crippen LogP contribution >= 0.6 is 0 Å². The fourth-order valence-corrected chi connectivity index (χ4v) is 4.49. The second-order valence-electron chi connectivity index (χ2n) is 7.67. The van der Waals surface area contributed by atoms with Crippen LogP contribution in [-0.4, -0.2) is 64.8 Å². The number of piperidine rings is 1. The van der Waals surface area contributed by atoms with Gasteiger partial charge in [-0.15, -0.1) is 10.2 Å². The van der Waals surface area contributed by atoms with Crippen LogP contribution in [0.25, 0.3) is 0 Å². The number of aliphatic hydroxyl groups is 1. The molecule has 3 aliphatic heterocycles. The molecular formula is C17H27N3O4. The van der Waals surface area contributed by atoms with Crippen LogP contribution in [0.1, 0.15) is 44.4 Å². The average Bonchev–Trinajstić information content (AvgIpc) is 3.05. The fourth-order valence-electron chi connectivity index (χ4n) is 4.49. The number of hydrogen-bond acceptors (Lipinski definition) is 7. The van der Waals surface area contributed by atoms with Crippen molar-refractivity contribution in [3.05, 3.63) is 11.8 Å². The van der Waals surface area contributed by atoms with Gasteiger partial charge in [0.2, 0.25) is 11.8 Å². The van der Waals surface area contributed by atoms with Crippen molar-refractivity contribution in [2.24, 2.45) is 11.8 Å². The quantitative estimate of drug-likeness (QED) is 0.887. The van der Waals surface area contributed by atoms with Gasteiger partial charge in [-0.25, -0.2) is 0 Å². The van der Waals surface area contributed by atoms with Gasteiger partial charge in [0.25, 0.3) is 0 Å². The fraction of sp³-hybridized carbons (Fsp3) is 0.882. The Morgan fingerprint density at radius 3 is 2.88 bits per heavy atom. The van der Waals surface area contributed by atoms with E-state index in [2.05, 4.69) is 15.1 Å². The lowest BCUT2D eigenvalue weighted by atomic mass is 9.66. The van der Waals surface area contributed by atoms with E-state index in [1.54, 1.807) is 0 Å². The summed E-state index contributed by atoms with van der Waals surface area (Å²) < 4.78 is 17.1. The Morgan fingerprint density at radius 1 is 1.25 bits per heavy atom. The normalized spacial score (nSPS) is 37.2. The van der Waals surface area contributed by atoms with Crippen LogP contribution in [0.2, 0.25) is 0 Å². The smallest absolute Gasteiger partial charge is 0.230 e. The van der Waals surface area contributed by atoms with E-state index in [1.165, 1.54) is 0 Å². The van der Waals surface area contributed by atoms with E-state index < -0.39 is 5.60 Å². The minimum absolute atomic E-state index is 0.113. The third-order valence-electron chi connectivity index (χ3n) is 5.87. The highest BCUT2D eigenvalue weighted by molar-refractivity contribution is 5.06. The van der Waals surface area contributed by atoms with Crippen LogP contribution < -0.4 is 0 Å². The van der Waals surface area contributed by atoms with Crippen LogP contribution in [0, 0.1) is 11.8 Å². The summed E-state index contributed by atoms with van der Waals surface area (Å²) >= 11 is 0. The Labute approximate surface area is 142 Å². The van der Waals surface area contributed by atoms with E-state index in [1.807, 2.05) is 13.8 Å². The standard InChI is InChI=1S/C17H27N3O4/c1-11(2)16-19-18-15(24-16)8-20-7-12-9-23-6-4-17(12,21)13-10-22-5-3-14(13)20/h11-14,21H,3-10H2,1-2H3/t12-,13+,14-,17-/m1/s1. The topological polar surface area (TPSA) is 80.9 Å². The molecule has 24 heavy (non-hydrogen) atoms. The number of nitrogens with zero attached hydrogens (tertiary/aromatic N) is 3. The Bertz CT molecular complexity index is 578. The van der Waals surface area contributed by atoms with Gasteiger partial charge in [-0.1, -0.05) is 13.8 Å². The predicted octanol–water partition coefficient (Wildman–Crippen LogP) is 1.18. The van der Waals surface area contributed by atoms with Crippen molar-refractivity contribution in [3.8, 4) is 0 Å². The molecule has 0 amide bonds. The molecule has 0 bridgehead atoms. The first-order chi connectivity index (χ1) is 11.6. The van der Waals surface area contributed by atoms with Crippen molar-refractivity contribution in [2.45, 2.75) is 50.8 Å². The molecule has 4 rings (SSSR count). The molecule has 4 heterocycles. The lowest BCUT2D eigenvalue weighted by molar-refractivity contribution is -0.221. The Balaban J connectivity index is 1.56. The number of aromatic nitrogens is 2. The van der Waals surface area contributed by atoms with Crippen molar-refractivity contribution in [1.82, 2.24) is 15.1 Å². The molecule has 1 N–H and O–H groups in total. The van der Waals surface area contributed by atoms with Gasteiger partial charge in [-0.2, -0.15) is 0 Å². The van der Waals surface area contributed by atoms with Gasteiger partial charge in [-0.3, -0.25) is 4.90 Å². The molecule has 134 valence electrons. The molecule has 3 aliphatic rings. The number of rotatable bonds is 3. The maximum atomic E-state index is 11.3. The summed E-state index contributed by atoms with van der Waals surface area (Å²) in [6.45, 7) is 8.14. The molecule has 7 nitrogen and oxygen atoms in total. The highest BCUT2D eigenvalue weighted by Crippen LogP contribution is 2.44. The SMILES string of the molecule is CC(C)c1nnc(CN2C[C@@H]3COCC[C@]3(O)[C@H]3COCC[C@H]32)o1. The van der Waals surface area contributed by atoms with Gasteiger partial charge in [0, 0.05) is 50.0 Å². The van der Waals surface area contributed by atoms with Crippen LogP contribution in [0.5, 0.6) is 0 Å². The first kappa shape index (κ1) is 16.4. The van der Waals surface area contributed by atoms with Gasteiger partial charge in [0.1, 0.15) is 0 Å². The maximum Gasteiger partial charge on any atom is 0.230 e. The molecule has 1 aromatic heterocycles. The van der Waals surface area contributed by atoms with Crippen molar-refractivity contribution in [2.75, 3.05) is 33.0 Å². The van der Waals surface area contributed by atoms with Crippen molar-refractivity contribution in [3.63, 3.8) is 0 Å². The van der Waals surface area contributed by atoms with E-state index in [4.69, 9.17) is 13.9 Å². The molecule has 3 fully saturated rings. The van der Waals surface area contributed by atoms with Crippen molar-refractivity contribution >= 4 is 0 Å². The molecule has 7 heteroatoms. The summed E-state index contributed by atoms with van der Waals surface area (Å²) in [7, 11) is 0. The first-order valence-electron chi connectivity index (χ1n) is 9.02. The van der Waals surface area contributed by atoms with E-state index in [-0.39, 0.29) is 17.8 Å². The average molecular weight is 337 g/mol. The molecule has 4 atom stereocenters. The highest BCUT2D eigenvalue weighted by Gasteiger charge is 2.55. The number of hydrogen-bond donors (Lipinski definition) is 1. The second kappa shape index (κ2) is 6.37. The number of likely N-dealkylation sites (tertiary alicyclic amines) is 1. The molecule has 0 spiro atoms. The number of ether oxygens (including phenoxy) is 2. The van der Waals surface area contributed by atoms with Gasteiger partial charge in [0.05, 0.1) is 25.4 Å². The van der Waals surface area contributed by atoms with Crippen LogP contribution in [0.3, 0.4) is 0 Å². The van der Waals surface area contributed by atoms with E-state index in [0.29, 0.717) is 50.6 Å². The second-order valence-corrected chi connectivity index (χ2v) is 7.67. The monoisotopic (exact) mass is 337 g/mol. The minimum Gasteiger partial charge on any atom is -0.424 e. The molecule has 0 aromatic carbocycles. The zero-order valence-corrected chi connectivity index (χ0v) is 14.5. The summed E-state index contributed by atoms with van der Waals surface area (Å²) in [6.07, 6.45) is 1.64. The summed E-state index contributed by atoms with van der Waals surface area (Å²) in [5.74, 6) is 1.82. The summed E-state index contributed by atoms with van der Waals surface area (Å²) in [6, 6.07) is 0.299. The summed E-state index contributed by atoms with van der Waals surface area (Å²) in [5.41, 5.74) is -0.669. The molecule has 0 saturated carbocycles. The van der Waals surface area contributed by atoms with Gasteiger partial charge >= 0.3 is 0 Å². The van der Waals surface area contributed by atoms with Crippen molar-refractivity contribution in [1.29, 1.82) is 0 Å². The minimum atomic E-state index is -0.669. The predicted molar refractivity (Wildman–Crippen MR) is 85.4 cm³/mol.